The summed E-state index contributed by atoms with van der Waals surface area (Å²) in [7, 11) is 0. The zero-order chi connectivity index (χ0) is 14.0. The van der Waals surface area contributed by atoms with Crippen molar-refractivity contribution in [3.05, 3.63) is 29.8 Å². The van der Waals surface area contributed by atoms with Crippen LogP contribution in [0.15, 0.2) is 24.3 Å². The van der Waals surface area contributed by atoms with Gasteiger partial charge in [0.1, 0.15) is 12.4 Å². The van der Waals surface area contributed by atoms with Gasteiger partial charge in [-0.2, -0.15) is 0 Å². The third-order valence-electron chi connectivity index (χ3n) is 3.65. The van der Waals surface area contributed by atoms with Crippen molar-refractivity contribution in [2.45, 2.75) is 25.8 Å². The molecule has 1 saturated heterocycles. The van der Waals surface area contributed by atoms with Crippen LogP contribution in [0.5, 0.6) is 5.75 Å². The van der Waals surface area contributed by atoms with Crippen LogP contribution in [0.1, 0.15) is 24.8 Å². The summed E-state index contributed by atoms with van der Waals surface area (Å²) >= 11 is 0. The Bertz CT molecular complexity index is 433. The first-order valence-corrected chi connectivity index (χ1v) is 7.47. The first-order valence-electron chi connectivity index (χ1n) is 7.47. The summed E-state index contributed by atoms with van der Waals surface area (Å²) in [6.07, 6.45) is 9.33. The average Bonchev–Trinajstić information content (AvgIpc) is 2.51. The van der Waals surface area contributed by atoms with E-state index in [1.165, 1.54) is 37.9 Å². The Morgan fingerprint density at radius 3 is 2.80 bits per heavy atom. The fourth-order valence-corrected chi connectivity index (χ4v) is 2.55. The topological polar surface area (TPSA) is 24.5 Å². The molecular formula is C17H24N2O. The van der Waals surface area contributed by atoms with Crippen LogP contribution >= 0.6 is 0 Å². The normalized spacial score (nSPS) is 15.8. The van der Waals surface area contributed by atoms with Gasteiger partial charge in [0.05, 0.1) is 0 Å². The Morgan fingerprint density at radius 1 is 1.20 bits per heavy atom. The lowest BCUT2D eigenvalue weighted by Gasteiger charge is -2.26. The van der Waals surface area contributed by atoms with Crippen LogP contribution in [0.4, 0.5) is 0 Å². The Labute approximate surface area is 122 Å². The minimum atomic E-state index is 0.324. The molecule has 0 aromatic heterocycles. The van der Waals surface area contributed by atoms with E-state index in [1.807, 2.05) is 18.2 Å². The average molecular weight is 272 g/mol. The number of benzene rings is 1. The summed E-state index contributed by atoms with van der Waals surface area (Å²) in [4.78, 5) is 2.54. The van der Waals surface area contributed by atoms with Crippen molar-refractivity contribution in [1.82, 2.24) is 10.2 Å². The fraction of sp³-hybridized carbons (Fsp3) is 0.529. The Hall–Kier alpha value is -1.50. The lowest BCUT2D eigenvalue weighted by Crippen LogP contribution is -2.35. The Morgan fingerprint density at radius 2 is 2.00 bits per heavy atom. The Balaban J connectivity index is 1.71. The third-order valence-corrected chi connectivity index (χ3v) is 3.65. The maximum atomic E-state index is 5.55. The van der Waals surface area contributed by atoms with Gasteiger partial charge in [-0.25, -0.2) is 0 Å². The van der Waals surface area contributed by atoms with Crippen molar-refractivity contribution >= 4 is 0 Å². The molecule has 0 bridgehead atoms. The highest BCUT2D eigenvalue weighted by Crippen LogP contribution is 2.17. The van der Waals surface area contributed by atoms with Crippen molar-refractivity contribution in [2.75, 3.05) is 32.8 Å². The summed E-state index contributed by atoms with van der Waals surface area (Å²) in [5.41, 5.74) is 1.17. The molecule has 1 heterocycles. The molecule has 0 unspecified atom stereocenters. The van der Waals surface area contributed by atoms with Crippen molar-refractivity contribution in [2.24, 2.45) is 0 Å². The van der Waals surface area contributed by atoms with Crippen LogP contribution in [0.2, 0.25) is 0 Å². The van der Waals surface area contributed by atoms with Gasteiger partial charge in [0.2, 0.25) is 0 Å². The molecule has 3 nitrogen and oxygen atoms in total. The van der Waals surface area contributed by atoms with Gasteiger partial charge in [0, 0.05) is 25.2 Å². The van der Waals surface area contributed by atoms with Crippen LogP contribution in [-0.2, 0) is 6.54 Å². The molecular weight excluding hydrogens is 248 g/mol. The van der Waals surface area contributed by atoms with E-state index in [2.05, 4.69) is 22.2 Å². The monoisotopic (exact) mass is 272 g/mol. The zero-order valence-corrected chi connectivity index (χ0v) is 12.1. The molecule has 0 spiro atoms. The standard InChI is InChI=1S/C17H24N2O/c1-2-14-20-17-9-5-4-8-16(17)15-18-10-13-19-11-6-3-7-12-19/h1,4-5,8-9,18H,3,6-7,10-15H2. The van der Waals surface area contributed by atoms with Crippen LogP contribution in [0, 0.1) is 12.3 Å². The van der Waals surface area contributed by atoms with Crippen LogP contribution < -0.4 is 10.1 Å². The van der Waals surface area contributed by atoms with Crippen molar-refractivity contribution in [3.63, 3.8) is 0 Å². The van der Waals surface area contributed by atoms with E-state index in [9.17, 15) is 0 Å². The van der Waals surface area contributed by atoms with E-state index >= 15 is 0 Å². The molecule has 1 N–H and O–H groups in total. The van der Waals surface area contributed by atoms with Crippen molar-refractivity contribution in [3.8, 4) is 18.1 Å². The number of hydrogen-bond acceptors (Lipinski definition) is 3. The summed E-state index contributed by atoms with van der Waals surface area (Å²) in [5, 5.41) is 3.49. The van der Waals surface area contributed by atoms with Gasteiger partial charge in [-0.15, -0.1) is 6.42 Å². The van der Waals surface area contributed by atoms with E-state index in [1.54, 1.807) is 0 Å². The third kappa shape index (κ3) is 4.88. The highest BCUT2D eigenvalue weighted by atomic mass is 16.5. The summed E-state index contributed by atoms with van der Waals surface area (Å²) in [6, 6.07) is 8.06. The second-order valence-electron chi connectivity index (χ2n) is 5.18. The lowest BCUT2D eigenvalue weighted by molar-refractivity contribution is 0.229. The largest absolute Gasteiger partial charge is 0.481 e. The van der Waals surface area contributed by atoms with Gasteiger partial charge < -0.3 is 15.0 Å². The highest BCUT2D eigenvalue weighted by molar-refractivity contribution is 5.33. The molecule has 0 atom stereocenters. The molecule has 0 saturated carbocycles. The van der Waals surface area contributed by atoms with Crippen LogP contribution in [0.3, 0.4) is 0 Å². The van der Waals surface area contributed by atoms with Gasteiger partial charge in [-0.3, -0.25) is 0 Å². The number of ether oxygens (including phenoxy) is 1. The van der Waals surface area contributed by atoms with E-state index in [0.29, 0.717) is 6.61 Å². The first-order chi connectivity index (χ1) is 9.90. The van der Waals surface area contributed by atoms with Gasteiger partial charge in [0.15, 0.2) is 0 Å². The summed E-state index contributed by atoms with van der Waals surface area (Å²) < 4.78 is 5.55. The van der Waals surface area contributed by atoms with Gasteiger partial charge in [-0.05, 0) is 32.0 Å². The van der Waals surface area contributed by atoms with Gasteiger partial charge in [-0.1, -0.05) is 30.5 Å². The minimum absolute atomic E-state index is 0.324. The molecule has 20 heavy (non-hydrogen) atoms. The number of nitrogens with one attached hydrogen (secondary N) is 1. The second-order valence-corrected chi connectivity index (χ2v) is 5.18. The maximum absolute atomic E-state index is 5.55. The maximum Gasteiger partial charge on any atom is 0.148 e. The van der Waals surface area contributed by atoms with Crippen LogP contribution in [-0.4, -0.2) is 37.7 Å². The van der Waals surface area contributed by atoms with Crippen molar-refractivity contribution < 1.29 is 4.74 Å². The molecule has 0 radical (unpaired) electrons. The smallest absolute Gasteiger partial charge is 0.148 e. The Kier molecular flexibility index (Phi) is 6.43. The summed E-state index contributed by atoms with van der Waals surface area (Å²) in [5.74, 6) is 3.39. The first kappa shape index (κ1) is 14.9. The molecule has 108 valence electrons. The van der Waals surface area contributed by atoms with E-state index in [4.69, 9.17) is 11.2 Å². The summed E-state index contributed by atoms with van der Waals surface area (Å²) in [6.45, 7) is 5.81. The zero-order valence-electron chi connectivity index (χ0n) is 12.1. The molecule has 1 aromatic rings. The van der Waals surface area contributed by atoms with Crippen molar-refractivity contribution in [1.29, 1.82) is 0 Å². The SMILES string of the molecule is C#CCOc1ccccc1CNCCN1CCCCC1. The second kappa shape index (κ2) is 8.63. The molecule has 2 rings (SSSR count). The predicted molar refractivity (Wildman–Crippen MR) is 82.8 cm³/mol. The van der Waals surface area contributed by atoms with Crippen LogP contribution in [0.25, 0.3) is 0 Å². The number of piperidine rings is 1. The van der Waals surface area contributed by atoms with Gasteiger partial charge in [0.25, 0.3) is 0 Å². The molecule has 0 amide bonds. The molecule has 0 aliphatic carbocycles. The lowest BCUT2D eigenvalue weighted by atomic mass is 10.1. The molecule has 3 heteroatoms. The number of likely N-dealkylation sites (tertiary alicyclic amines) is 1. The predicted octanol–water partition coefficient (Wildman–Crippen LogP) is 2.27. The van der Waals surface area contributed by atoms with E-state index in [-0.39, 0.29) is 0 Å². The number of nitrogens with zero attached hydrogens (tertiary/aromatic N) is 1. The van der Waals surface area contributed by atoms with E-state index < -0.39 is 0 Å². The number of hydrogen-bond donors (Lipinski definition) is 1. The highest BCUT2D eigenvalue weighted by Gasteiger charge is 2.09. The molecule has 1 aromatic carbocycles. The molecule has 1 aliphatic heterocycles. The quantitative estimate of drug-likeness (QED) is 0.609. The minimum Gasteiger partial charge on any atom is -0.481 e. The van der Waals surface area contributed by atoms with E-state index in [0.717, 1.165) is 25.4 Å². The molecule has 1 aliphatic rings. The number of para-hydroxylation sites is 1. The number of rotatable bonds is 7. The molecule has 1 fully saturated rings. The fourth-order valence-electron chi connectivity index (χ4n) is 2.55. The van der Waals surface area contributed by atoms with Gasteiger partial charge >= 0.3 is 0 Å². The number of terminal acetylenes is 1.